The lowest BCUT2D eigenvalue weighted by atomic mass is 9.99. The van der Waals surface area contributed by atoms with Gasteiger partial charge in [0.05, 0.1) is 6.61 Å². The molecule has 2 unspecified atom stereocenters. The monoisotopic (exact) mass is 294 g/mol. The van der Waals surface area contributed by atoms with Crippen LogP contribution in [0.3, 0.4) is 0 Å². The fourth-order valence-corrected chi connectivity index (χ4v) is 2.41. The predicted octanol–water partition coefficient (Wildman–Crippen LogP) is 4.22. The van der Waals surface area contributed by atoms with Gasteiger partial charge in [-0.15, -0.1) is 0 Å². The van der Waals surface area contributed by atoms with Crippen LogP contribution in [-0.2, 0) is 14.6 Å². The second kappa shape index (κ2) is 10.6. The van der Waals surface area contributed by atoms with Crippen molar-refractivity contribution in [2.75, 3.05) is 6.61 Å². The summed E-state index contributed by atoms with van der Waals surface area (Å²) >= 11 is 0. The molecule has 1 N–H and O–H groups in total. The second-order valence-corrected chi connectivity index (χ2v) is 6.77. The van der Waals surface area contributed by atoms with Crippen molar-refractivity contribution in [3.05, 3.63) is 0 Å². The van der Waals surface area contributed by atoms with Crippen molar-refractivity contribution in [3.63, 3.8) is 0 Å². The highest BCUT2D eigenvalue weighted by Gasteiger charge is 2.09. The molecule has 0 fully saturated rings. The van der Waals surface area contributed by atoms with Gasteiger partial charge in [0, 0.05) is 0 Å². The molecule has 0 radical (unpaired) electrons. The minimum atomic E-state index is -4.27. The Morgan fingerprint density at radius 1 is 0.947 bits per heavy atom. The molecule has 0 aromatic carbocycles. The van der Waals surface area contributed by atoms with Gasteiger partial charge in [0.2, 0.25) is 0 Å². The Labute approximate surface area is 118 Å². The minimum Gasteiger partial charge on any atom is -0.264 e. The Kier molecular flexibility index (Phi) is 10.6. The molecule has 19 heavy (non-hydrogen) atoms. The molecule has 4 nitrogen and oxygen atoms in total. The fourth-order valence-electron chi connectivity index (χ4n) is 2.01. The van der Waals surface area contributed by atoms with Gasteiger partial charge in [-0.3, -0.25) is 4.55 Å². The van der Waals surface area contributed by atoms with E-state index in [0.717, 1.165) is 18.8 Å². The van der Waals surface area contributed by atoms with E-state index >= 15 is 0 Å². The number of hydrogen-bond acceptors (Lipinski definition) is 3. The molecule has 0 aliphatic heterocycles. The van der Waals surface area contributed by atoms with E-state index in [1.54, 1.807) is 0 Å². The zero-order valence-electron chi connectivity index (χ0n) is 12.6. The fraction of sp³-hybridized carbons (Fsp3) is 1.00. The van der Waals surface area contributed by atoms with Gasteiger partial charge in [0.15, 0.2) is 0 Å². The Hall–Kier alpha value is -0.130. The molecule has 0 heterocycles. The quantitative estimate of drug-likeness (QED) is 0.432. The van der Waals surface area contributed by atoms with Crippen molar-refractivity contribution in [2.24, 2.45) is 11.8 Å². The summed E-state index contributed by atoms with van der Waals surface area (Å²) in [6, 6.07) is 0. The molecule has 0 aliphatic rings. The number of rotatable bonds is 12. The lowest BCUT2D eigenvalue weighted by Crippen LogP contribution is -2.11. The van der Waals surface area contributed by atoms with Gasteiger partial charge in [-0.05, 0) is 18.3 Å². The second-order valence-electron chi connectivity index (χ2n) is 5.68. The van der Waals surface area contributed by atoms with E-state index in [9.17, 15) is 8.42 Å². The largest absolute Gasteiger partial charge is 0.397 e. The van der Waals surface area contributed by atoms with E-state index in [1.807, 2.05) is 6.92 Å². The maximum Gasteiger partial charge on any atom is 0.397 e. The molecular formula is C14H30O4S. The average molecular weight is 294 g/mol. The van der Waals surface area contributed by atoms with Crippen LogP contribution in [0, 0.1) is 11.8 Å². The van der Waals surface area contributed by atoms with E-state index in [1.165, 1.54) is 38.5 Å². The van der Waals surface area contributed by atoms with E-state index in [4.69, 9.17) is 4.55 Å². The lowest BCUT2D eigenvalue weighted by Gasteiger charge is -2.10. The highest BCUT2D eigenvalue weighted by atomic mass is 32.3. The zero-order valence-corrected chi connectivity index (χ0v) is 13.4. The summed E-state index contributed by atoms with van der Waals surface area (Å²) in [7, 11) is -4.27. The molecular weight excluding hydrogens is 264 g/mol. The first-order valence-electron chi connectivity index (χ1n) is 7.47. The van der Waals surface area contributed by atoms with Crippen LogP contribution in [0.2, 0.25) is 0 Å². The smallest absolute Gasteiger partial charge is 0.264 e. The molecule has 0 aromatic rings. The van der Waals surface area contributed by atoms with Crippen LogP contribution in [0.15, 0.2) is 0 Å². The van der Waals surface area contributed by atoms with Crippen molar-refractivity contribution in [1.82, 2.24) is 0 Å². The standard InChI is InChI=1S/C14H30O4S/c1-4-13(2)10-8-6-5-7-9-11-14(3)12-18-19(15,16)17/h13-14H,4-12H2,1-3H3,(H,15,16,17). The van der Waals surface area contributed by atoms with Crippen molar-refractivity contribution in [3.8, 4) is 0 Å². The average Bonchev–Trinajstić information content (AvgIpc) is 2.34. The van der Waals surface area contributed by atoms with Gasteiger partial charge >= 0.3 is 10.4 Å². The predicted molar refractivity (Wildman–Crippen MR) is 78.4 cm³/mol. The maximum absolute atomic E-state index is 10.4. The van der Waals surface area contributed by atoms with Crippen LogP contribution in [-0.4, -0.2) is 19.6 Å². The van der Waals surface area contributed by atoms with Gasteiger partial charge in [0.25, 0.3) is 0 Å². The number of hydrogen-bond donors (Lipinski definition) is 1. The van der Waals surface area contributed by atoms with Gasteiger partial charge in [-0.1, -0.05) is 65.7 Å². The van der Waals surface area contributed by atoms with Crippen LogP contribution in [0.4, 0.5) is 0 Å². The van der Waals surface area contributed by atoms with Gasteiger partial charge in [-0.2, -0.15) is 8.42 Å². The third-order valence-electron chi connectivity index (χ3n) is 3.59. The van der Waals surface area contributed by atoms with Crippen molar-refractivity contribution in [2.45, 2.75) is 72.1 Å². The molecule has 0 aliphatic carbocycles. The Bertz CT molecular complexity index is 301. The van der Waals surface area contributed by atoms with Crippen LogP contribution >= 0.6 is 0 Å². The first kappa shape index (κ1) is 18.9. The molecule has 0 aromatic heterocycles. The third-order valence-corrected chi connectivity index (χ3v) is 4.03. The van der Waals surface area contributed by atoms with Crippen LogP contribution < -0.4 is 0 Å². The van der Waals surface area contributed by atoms with Crippen LogP contribution in [0.25, 0.3) is 0 Å². The summed E-state index contributed by atoms with van der Waals surface area (Å²) in [6.07, 6.45) is 9.69. The van der Waals surface area contributed by atoms with Crippen LogP contribution in [0.1, 0.15) is 72.1 Å². The molecule has 0 saturated carbocycles. The maximum atomic E-state index is 10.4. The molecule has 2 atom stereocenters. The minimum absolute atomic E-state index is 0.0762. The highest BCUT2D eigenvalue weighted by molar-refractivity contribution is 7.80. The van der Waals surface area contributed by atoms with Gasteiger partial charge < -0.3 is 0 Å². The summed E-state index contributed by atoms with van der Waals surface area (Å²) in [5.74, 6) is 1.01. The zero-order chi connectivity index (χ0) is 14.7. The van der Waals surface area contributed by atoms with Crippen molar-refractivity contribution < 1.29 is 17.2 Å². The molecule has 116 valence electrons. The Morgan fingerprint density at radius 2 is 1.42 bits per heavy atom. The van der Waals surface area contributed by atoms with E-state index in [0.29, 0.717) is 0 Å². The Balaban J connectivity index is 3.34. The van der Waals surface area contributed by atoms with Gasteiger partial charge in [0.1, 0.15) is 0 Å². The summed E-state index contributed by atoms with van der Waals surface area (Å²) in [4.78, 5) is 0. The summed E-state index contributed by atoms with van der Waals surface area (Å²) in [5.41, 5.74) is 0. The summed E-state index contributed by atoms with van der Waals surface area (Å²) < 4.78 is 33.6. The topological polar surface area (TPSA) is 63.6 Å². The van der Waals surface area contributed by atoms with E-state index in [2.05, 4.69) is 18.0 Å². The molecule has 5 heteroatoms. The van der Waals surface area contributed by atoms with E-state index in [-0.39, 0.29) is 12.5 Å². The molecule has 0 spiro atoms. The summed E-state index contributed by atoms with van der Waals surface area (Å²) in [6.45, 7) is 6.55. The van der Waals surface area contributed by atoms with Gasteiger partial charge in [-0.25, -0.2) is 4.18 Å². The SMILES string of the molecule is CCC(C)CCCCCCCC(C)COS(=O)(=O)O. The van der Waals surface area contributed by atoms with Crippen LogP contribution in [0.5, 0.6) is 0 Å². The molecule has 0 bridgehead atoms. The molecule has 0 rings (SSSR count). The molecule has 0 amide bonds. The van der Waals surface area contributed by atoms with Crippen molar-refractivity contribution >= 4 is 10.4 Å². The lowest BCUT2D eigenvalue weighted by molar-refractivity contribution is 0.222. The van der Waals surface area contributed by atoms with Crippen molar-refractivity contribution in [1.29, 1.82) is 0 Å². The van der Waals surface area contributed by atoms with E-state index < -0.39 is 10.4 Å². The first-order chi connectivity index (χ1) is 8.85. The summed E-state index contributed by atoms with van der Waals surface area (Å²) in [5, 5.41) is 0. The highest BCUT2D eigenvalue weighted by Crippen LogP contribution is 2.15. The first-order valence-corrected chi connectivity index (χ1v) is 8.83. The third kappa shape index (κ3) is 14.1. The normalized spacial score (nSPS) is 15.4. The molecule has 0 saturated heterocycles. The number of unbranched alkanes of at least 4 members (excludes halogenated alkanes) is 4. The Morgan fingerprint density at radius 3 is 1.89 bits per heavy atom.